The fraction of sp³-hybridized carbons (Fsp3) is 0.333. The van der Waals surface area contributed by atoms with Gasteiger partial charge in [-0.3, -0.25) is 0 Å². The second-order valence-corrected chi connectivity index (χ2v) is 1.83. The van der Waals surface area contributed by atoms with E-state index >= 15 is 0 Å². The van der Waals surface area contributed by atoms with Crippen molar-refractivity contribution in [3.8, 4) is 0 Å². The maximum atomic E-state index is 5.20. The molecule has 0 aliphatic carbocycles. The van der Waals surface area contributed by atoms with E-state index in [1.807, 2.05) is 6.92 Å². The molecule has 62 valence electrons. The molecule has 0 unspecified atom stereocenters. The molecule has 0 amide bonds. The Morgan fingerprint density at radius 2 is 2.18 bits per heavy atom. The summed E-state index contributed by atoms with van der Waals surface area (Å²) in [6.45, 7) is 9.70. The third-order valence-electron chi connectivity index (χ3n) is 1.09. The molecule has 2 nitrogen and oxygen atoms in total. The predicted octanol–water partition coefficient (Wildman–Crippen LogP) is 2.25. The van der Waals surface area contributed by atoms with E-state index in [4.69, 9.17) is 9.47 Å². The number of rotatable bonds is 5. The summed E-state index contributed by atoms with van der Waals surface area (Å²) in [5.41, 5.74) is 0. The number of hydrogen-bond donors (Lipinski definition) is 0. The van der Waals surface area contributed by atoms with Gasteiger partial charge >= 0.3 is 0 Å². The van der Waals surface area contributed by atoms with Gasteiger partial charge in [-0.1, -0.05) is 19.2 Å². The highest BCUT2D eigenvalue weighted by Gasteiger charge is 2.00. The van der Waals surface area contributed by atoms with E-state index < -0.39 is 0 Å². The van der Waals surface area contributed by atoms with Crippen LogP contribution in [-0.4, -0.2) is 13.7 Å². The highest BCUT2D eigenvalue weighted by molar-refractivity contribution is 5.20. The average Bonchev–Trinajstić information content (AvgIpc) is 2.03. The summed E-state index contributed by atoms with van der Waals surface area (Å²) in [5, 5.41) is 0. The molecule has 0 saturated heterocycles. The Morgan fingerprint density at radius 3 is 2.55 bits per heavy atom. The first kappa shape index (κ1) is 9.82. The van der Waals surface area contributed by atoms with E-state index in [9.17, 15) is 0 Å². The van der Waals surface area contributed by atoms with Crippen LogP contribution >= 0.6 is 0 Å². The average molecular weight is 154 g/mol. The van der Waals surface area contributed by atoms with Crippen LogP contribution in [0.5, 0.6) is 0 Å². The molecule has 0 aliphatic rings. The second-order valence-electron chi connectivity index (χ2n) is 1.83. The summed E-state index contributed by atoms with van der Waals surface area (Å²) in [6.07, 6.45) is 3.35. The monoisotopic (exact) mass is 154 g/mol. The highest BCUT2D eigenvalue weighted by atomic mass is 16.5. The van der Waals surface area contributed by atoms with Crippen molar-refractivity contribution >= 4 is 0 Å². The molecule has 2 heteroatoms. The molecule has 0 radical (unpaired) electrons. The van der Waals surface area contributed by atoms with Gasteiger partial charge in [-0.05, 0) is 13.0 Å². The zero-order valence-electron chi connectivity index (χ0n) is 7.09. The van der Waals surface area contributed by atoms with Crippen LogP contribution in [0.15, 0.2) is 36.8 Å². The van der Waals surface area contributed by atoms with Gasteiger partial charge in [0.15, 0.2) is 11.5 Å². The first-order valence-corrected chi connectivity index (χ1v) is 3.45. The van der Waals surface area contributed by atoms with Crippen molar-refractivity contribution in [3.63, 3.8) is 0 Å². The minimum absolute atomic E-state index is 0.520. The van der Waals surface area contributed by atoms with Crippen LogP contribution in [0, 0.1) is 0 Å². The maximum Gasteiger partial charge on any atom is 0.160 e. The van der Waals surface area contributed by atoms with Crippen molar-refractivity contribution in [2.24, 2.45) is 0 Å². The van der Waals surface area contributed by atoms with Crippen molar-refractivity contribution in [1.29, 1.82) is 0 Å². The summed E-state index contributed by atoms with van der Waals surface area (Å²) in [5.74, 6) is 1.15. The third-order valence-corrected chi connectivity index (χ3v) is 1.09. The molecule has 0 atom stereocenters. The lowest BCUT2D eigenvalue weighted by Gasteiger charge is -2.08. The van der Waals surface area contributed by atoms with Crippen molar-refractivity contribution in [2.45, 2.75) is 6.92 Å². The summed E-state index contributed by atoms with van der Waals surface area (Å²) < 4.78 is 10.1. The quantitative estimate of drug-likeness (QED) is 0.446. The van der Waals surface area contributed by atoms with E-state index in [1.165, 1.54) is 0 Å². The summed E-state index contributed by atoms with van der Waals surface area (Å²) >= 11 is 0. The van der Waals surface area contributed by atoms with Crippen LogP contribution in [0.25, 0.3) is 0 Å². The maximum absolute atomic E-state index is 5.20. The Bertz CT molecular complexity index is 168. The number of ether oxygens (including phenoxy) is 2. The van der Waals surface area contributed by atoms with Gasteiger partial charge in [0.1, 0.15) is 0 Å². The summed E-state index contributed by atoms with van der Waals surface area (Å²) in [6, 6.07) is 0. The van der Waals surface area contributed by atoms with Gasteiger partial charge < -0.3 is 9.47 Å². The fourth-order valence-electron chi connectivity index (χ4n) is 0.585. The Balaban J connectivity index is 4.20. The lowest BCUT2D eigenvalue weighted by Crippen LogP contribution is -1.96. The minimum Gasteiger partial charge on any atom is -0.493 e. The fourth-order valence-corrected chi connectivity index (χ4v) is 0.585. The summed E-state index contributed by atoms with van der Waals surface area (Å²) in [4.78, 5) is 0. The van der Waals surface area contributed by atoms with Gasteiger partial charge in [0.2, 0.25) is 0 Å². The van der Waals surface area contributed by atoms with E-state index in [0.717, 1.165) is 0 Å². The van der Waals surface area contributed by atoms with Crippen LogP contribution in [0.1, 0.15) is 6.92 Å². The Kier molecular flexibility index (Phi) is 4.99. The Hall–Kier alpha value is -1.18. The molecule has 0 aromatic rings. The van der Waals surface area contributed by atoms with Gasteiger partial charge in [0.05, 0.1) is 13.7 Å². The highest BCUT2D eigenvalue weighted by Crippen LogP contribution is 2.09. The largest absolute Gasteiger partial charge is 0.493 e. The van der Waals surface area contributed by atoms with Crippen LogP contribution < -0.4 is 0 Å². The van der Waals surface area contributed by atoms with E-state index in [-0.39, 0.29) is 0 Å². The Labute approximate surface area is 67.8 Å². The van der Waals surface area contributed by atoms with Gasteiger partial charge in [-0.2, -0.15) is 0 Å². The normalized spacial score (nSPS) is 10.5. The van der Waals surface area contributed by atoms with Crippen molar-refractivity contribution in [1.82, 2.24) is 0 Å². The van der Waals surface area contributed by atoms with Crippen molar-refractivity contribution in [2.75, 3.05) is 13.7 Å². The zero-order chi connectivity index (χ0) is 8.69. The van der Waals surface area contributed by atoms with Crippen molar-refractivity contribution in [3.05, 3.63) is 36.8 Å². The molecule has 0 fully saturated rings. The zero-order valence-corrected chi connectivity index (χ0v) is 7.09. The standard InChI is InChI=1S/C9H14O2/c1-5-7-9(11-6-2)8(3)10-4/h5,7H,1,3,6H2,2,4H3/b9-7+. The molecule has 0 aromatic carbocycles. The minimum atomic E-state index is 0.520. The van der Waals surface area contributed by atoms with E-state index in [1.54, 1.807) is 19.3 Å². The molecule has 0 rings (SSSR count). The van der Waals surface area contributed by atoms with Gasteiger partial charge in [0.25, 0.3) is 0 Å². The SMILES string of the molecule is C=C/C=C(/OCC)C(=C)OC. The van der Waals surface area contributed by atoms with E-state index in [0.29, 0.717) is 18.1 Å². The first-order chi connectivity index (χ1) is 5.26. The van der Waals surface area contributed by atoms with E-state index in [2.05, 4.69) is 13.2 Å². The number of allylic oxidation sites excluding steroid dienone is 2. The Morgan fingerprint density at radius 1 is 1.55 bits per heavy atom. The predicted molar refractivity (Wildman–Crippen MR) is 46.1 cm³/mol. The van der Waals surface area contributed by atoms with Crippen LogP contribution in [-0.2, 0) is 9.47 Å². The number of hydrogen-bond acceptors (Lipinski definition) is 2. The van der Waals surface area contributed by atoms with Gasteiger partial charge in [0, 0.05) is 0 Å². The topological polar surface area (TPSA) is 18.5 Å². The summed E-state index contributed by atoms with van der Waals surface area (Å²) in [7, 11) is 1.55. The smallest absolute Gasteiger partial charge is 0.160 e. The molecule has 0 heterocycles. The van der Waals surface area contributed by atoms with Crippen molar-refractivity contribution < 1.29 is 9.47 Å². The number of methoxy groups -OCH3 is 1. The van der Waals surface area contributed by atoms with Gasteiger partial charge in [-0.15, -0.1) is 0 Å². The van der Waals surface area contributed by atoms with Gasteiger partial charge in [-0.25, -0.2) is 0 Å². The molecular formula is C9H14O2. The first-order valence-electron chi connectivity index (χ1n) is 3.45. The lowest BCUT2D eigenvalue weighted by atomic mass is 10.4. The molecular weight excluding hydrogens is 140 g/mol. The molecule has 11 heavy (non-hydrogen) atoms. The van der Waals surface area contributed by atoms with Crippen LogP contribution in [0.2, 0.25) is 0 Å². The third kappa shape index (κ3) is 3.50. The molecule has 0 saturated carbocycles. The van der Waals surface area contributed by atoms with Crippen LogP contribution in [0.3, 0.4) is 0 Å². The molecule has 0 spiro atoms. The molecule has 0 N–H and O–H groups in total. The molecule has 0 bridgehead atoms. The molecule has 0 aromatic heterocycles. The molecule has 0 aliphatic heterocycles. The lowest BCUT2D eigenvalue weighted by molar-refractivity contribution is 0.188. The second kappa shape index (κ2) is 5.59. The van der Waals surface area contributed by atoms with Crippen LogP contribution in [0.4, 0.5) is 0 Å².